The molecule has 96 valence electrons. The van der Waals surface area contributed by atoms with Crippen LogP contribution in [0.25, 0.3) is 11.1 Å². The molecule has 1 aromatic carbocycles. The van der Waals surface area contributed by atoms with Crippen molar-refractivity contribution in [3.63, 3.8) is 0 Å². The Morgan fingerprint density at radius 3 is 2.61 bits per heavy atom. The fourth-order valence-electron chi connectivity index (χ4n) is 1.75. The molecular weight excluding hydrogens is 253 g/mol. The summed E-state index contributed by atoms with van der Waals surface area (Å²) in [4.78, 5) is 0.471. The van der Waals surface area contributed by atoms with Crippen molar-refractivity contribution in [1.82, 2.24) is 9.78 Å². The average Bonchev–Trinajstić information content (AvgIpc) is 2.70. The van der Waals surface area contributed by atoms with Crippen molar-refractivity contribution in [3.8, 4) is 16.9 Å². The van der Waals surface area contributed by atoms with Crippen LogP contribution in [0, 0.1) is 5.82 Å². The van der Waals surface area contributed by atoms with Gasteiger partial charge in [0, 0.05) is 18.2 Å². The maximum absolute atomic E-state index is 14.4. The molecule has 0 aliphatic carbocycles. The Morgan fingerprint density at radius 2 is 2.11 bits per heavy atom. The third-order valence-electron chi connectivity index (χ3n) is 2.76. The zero-order chi connectivity index (χ0) is 13.3. The van der Waals surface area contributed by atoms with E-state index < -0.39 is 0 Å². The molecule has 0 unspecified atom stereocenters. The molecule has 6 heteroatoms. The van der Waals surface area contributed by atoms with Gasteiger partial charge in [-0.25, -0.2) is 4.39 Å². The number of methoxy groups -OCH3 is 1. The van der Waals surface area contributed by atoms with Crippen molar-refractivity contribution in [3.05, 3.63) is 24.1 Å². The summed E-state index contributed by atoms with van der Waals surface area (Å²) in [5.41, 5.74) is 6.89. The van der Waals surface area contributed by atoms with Gasteiger partial charge in [0.15, 0.2) is 0 Å². The molecule has 0 saturated heterocycles. The van der Waals surface area contributed by atoms with Crippen molar-refractivity contribution < 1.29 is 9.13 Å². The van der Waals surface area contributed by atoms with E-state index in [9.17, 15) is 4.39 Å². The van der Waals surface area contributed by atoms with Gasteiger partial charge in [0.2, 0.25) is 0 Å². The lowest BCUT2D eigenvalue weighted by Crippen LogP contribution is -1.99. The van der Waals surface area contributed by atoms with Gasteiger partial charge in [0.1, 0.15) is 17.4 Å². The summed E-state index contributed by atoms with van der Waals surface area (Å²) in [5, 5.41) is 4.02. The second-order valence-electron chi connectivity index (χ2n) is 3.73. The molecule has 0 atom stereocenters. The molecule has 2 rings (SSSR count). The molecule has 18 heavy (non-hydrogen) atoms. The van der Waals surface area contributed by atoms with E-state index in [-0.39, 0.29) is 5.82 Å². The highest BCUT2D eigenvalue weighted by Gasteiger charge is 2.17. The highest BCUT2D eigenvalue weighted by molar-refractivity contribution is 7.98. The number of hydrogen-bond donors (Lipinski definition) is 1. The number of nitrogens with two attached hydrogens (primary N) is 1. The Hall–Kier alpha value is -1.69. The fourth-order valence-corrected chi connectivity index (χ4v) is 2.39. The molecule has 1 aromatic heterocycles. The van der Waals surface area contributed by atoms with Crippen molar-refractivity contribution in [1.29, 1.82) is 0 Å². The highest BCUT2D eigenvalue weighted by atomic mass is 32.2. The van der Waals surface area contributed by atoms with Crippen molar-refractivity contribution in [2.45, 2.75) is 4.90 Å². The summed E-state index contributed by atoms with van der Waals surface area (Å²) in [7, 11) is 3.24. The number of anilines is 1. The van der Waals surface area contributed by atoms with Crippen LogP contribution >= 0.6 is 11.8 Å². The lowest BCUT2D eigenvalue weighted by Gasteiger charge is -2.10. The lowest BCUT2D eigenvalue weighted by atomic mass is 10.1. The third kappa shape index (κ3) is 1.92. The van der Waals surface area contributed by atoms with E-state index in [1.165, 1.54) is 23.6 Å². The number of benzene rings is 1. The second-order valence-corrected chi connectivity index (χ2v) is 4.55. The topological polar surface area (TPSA) is 53.1 Å². The van der Waals surface area contributed by atoms with Gasteiger partial charge in [-0.15, -0.1) is 11.8 Å². The third-order valence-corrected chi connectivity index (χ3v) is 3.55. The monoisotopic (exact) mass is 267 g/mol. The summed E-state index contributed by atoms with van der Waals surface area (Å²) in [6, 6.07) is 3.39. The zero-order valence-electron chi connectivity index (χ0n) is 10.4. The molecule has 0 aliphatic rings. The molecule has 2 N–H and O–H groups in total. The number of aryl methyl sites for hydroxylation is 1. The van der Waals surface area contributed by atoms with Crippen LogP contribution in [0.4, 0.5) is 10.2 Å². The van der Waals surface area contributed by atoms with Gasteiger partial charge in [0.25, 0.3) is 0 Å². The van der Waals surface area contributed by atoms with Crippen LogP contribution in [0.3, 0.4) is 0 Å². The molecule has 0 bridgehead atoms. The fraction of sp³-hybridized carbons (Fsp3) is 0.250. The summed E-state index contributed by atoms with van der Waals surface area (Å²) < 4.78 is 21.0. The van der Waals surface area contributed by atoms with E-state index in [0.717, 1.165) is 0 Å². The van der Waals surface area contributed by atoms with E-state index >= 15 is 0 Å². The minimum Gasteiger partial charge on any atom is -0.495 e. The number of aromatic nitrogens is 2. The molecule has 0 radical (unpaired) electrons. The molecule has 0 amide bonds. The maximum Gasteiger partial charge on any atom is 0.148 e. The standard InChI is InChI=1S/C12H14FN3OS/c1-16-12(14)8(6-15-16)7-4-5-9(17-2)11(18-3)10(7)13/h4-6H,14H2,1-3H3. The predicted octanol–water partition coefficient (Wildman–Crippen LogP) is 2.54. The Kier molecular flexibility index (Phi) is 3.47. The molecular formula is C12H14FN3OS. The number of halogens is 1. The quantitative estimate of drug-likeness (QED) is 0.868. The first-order valence-corrected chi connectivity index (χ1v) is 6.51. The Morgan fingerprint density at radius 1 is 1.39 bits per heavy atom. The van der Waals surface area contributed by atoms with Crippen LogP contribution in [0.2, 0.25) is 0 Å². The highest BCUT2D eigenvalue weighted by Crippen LogP contribution is 2.37. The summed E-state index contributed by atoms with van der Waals surface area (Å²) in [6.45, 7) is 0. The van der Waals surface area contributed by atoms with Gasteiger partial charge in [-0.3, -0.25) is 4.68 Å². The van der Waals surface area contributed by atoms with Gasteiger partial charge in [0.05, 0.1) is 18.2 Å². The van der Waals surface area contributed by atoms with Gasteiger partial charge >= 0.3 is 0 Å². The molecule has 0 saturated carbocycles. The number of rotatable bonds is 3. The van der Waals surface area contributed by atoms with E-state index in [0.29, 0.717) is 27.6 Å². The minimum absolute atomic E-state index is 0.332. The largest absolute Gasteiger partial charge is 0.495 e. The molecule has 4 nitrogen and oxygen atoms in total. The molecule has 0 spiro atoms. The maximum atomic E-state index is 14.4. The lowest BCUT2D eigenvalue weighted by molar-refractivity contribution is 0.398. The second kappa shape index (κ2) is 4.89. The minimum atomic E-state index is -0.332. The van der Waals surface area contributed by atoms with Crippen LogP contribution in [-0.4, -0.2) is 23.1 Å². The molecule has 0 aliphatic heterocycles. The van der Waals surface area contributed by atoms with E-state index in [1.54, 1.807) is 31.6 Å². The first-order chi connectivity index (χ1) is 8.60. The van der Waals surface area contributed by atoms with Crippen molar-refractivity contribution in [2.75, 3.05) is 19.1 Å². The smallest absolute Gasteiger partial charge is 0.148 e. The first-order valence-electron chi connectivity index (χ1n) is 5.28. The first kappa shape index (κ1) is 12.8. The van der Waals surface area contributed by atoms with Gasteiger partial charge in [-0.1, -0.05) is 0 Å². The Labute approximate surface area is 109 Å². The molecule has 1 heterocycles. The Balaban J connectivity index is 2.63. The number of nitrogens with zero attached hydrogens (tertiary/aromatic N) is 2. The van der Waals surface area contributed by atoms with Gasteiger partial charge < -0.3 is 10.5 Å². The van der Waals surface area contributed by atoms with Gasteiger partial charge in [-0.05, 0) is 18.4 Å². The SMILES string of the molecule is COc1ccc(-c2cnn(C)c2N)c(F)c1SC. The van der Waals surface area contributed by atoms with Crippen LogP contribution in [-0.2, 0) is 7.05 Å². The number of nitrogen functional groups attached to an aromatic ring is 1. The zero-order valence-corrected chi connectivity index (χ0v) is 11.2. The van der Waals surface area contributed by atoms with Crippen molar-refractivity contribution >= 4 is 17.6 Å². The van der Waals surface area contributed by atoms with E-state index in [2.05, 4.69) is 5.10 Å². The summed E-state index contributed by atoms with van der Waals surface area (Å²) in [6.07, 6.45) is 3.36. The van der Waals surface area contributed by atoms with Crippen molar-refractivity contribution in [2.24, 2.45) is 7.05 Å². The van der Waals surface area contributed by atoms with E-state index in [1.807, 2.05) is 0 Å². The van der Waals surface area contributed by atoms with Crippen LogP contribution in [0.15, 0.2) is 23.2 Å². The molecule has 2 aromatic rings. The predicted molar refractivity (Wildman–Crippen MR) is 71.3 cm³/mol. The van der Waals surface area contributed by atoms with Crippen LogP contribution < -0.4 is 10.5 Å². The number of hydrogen-bond acceptors (Lipinski definition) is 4. The normalized spacial score (nSPS) is 10.7. The average molecular weight is 267 g/mol. The summed E-state index contributed by atoms with van der Waals surface area (Å²) >= 11 is 1.30. The Bertz CT molecular complexity index is 583. The van der Waals surface area contributed by atoms with Gasteiger partial charge in [-0.2, -0.15) is 5.10 Å². The summed E-state index contributed by atoms with van der Waals surface area (Å²) in [5.74, 6) is 0.624. The van der Waals surface area contributed by atoms with Crippen LogP contribution in [0.1, 0.15) is 0 Å². The van der Waals surface area contributed by atoms with E-state index in [4.69, 9.17) is 10.5 Å². The van der Waals surface area contributed by atoms with Crippen LogP contribution in [0.5, 0.6) is 5.75 Å². The molecule has 0 fully saturated rings. The number of ether oxygens (including phenoxy) is 1. The number of thioether (sulfide) groups is 1.